The van der Waals surface area contributed by atoms with Gasteiger partial charge in [0.25, 0.3) is 0 Å². The van der Waals surface area contributed by atoms with Gasteiger partial charge in [0.2, 0.25) is 10.0 Å². The summed E-state index contributed by atoms with van der Waals surface area (Å²) in [4.78, 5) is 13.1. The average molecular weight is 334 g/mol. The molecule has 1 fully saturated rings. The van der Waals surface area contributed by atoms with Gasteiger partial charge in [-0.3, -0.25) is 9.62 Å². The second-order valence-corrected chi connectivity index (χ2v) is 6.79. The SMILES string of the molecule is O=C1NCCN1c1cccc(NS(=O)(=O)CBr)c1. The van der Waals surface area contributed by atoms with Crippen molar-refractivity contribution in [2.75, 3.05) is 27.4 Å². The highest BCUT2D eigenvalue weighted by Crippen LogP contribution is 2.21. The Labute approximate surface area is 114 Å². The van der Waals surface area contributed by atoms with E-state index >= 15 is 0 Å². The van der Waals surface area contributed by atoms with Gasteiger partial charge in [0.1, 0.15) is 4.66 Å². The molecule has 0 radical (unpaired) electrons. The summed E-state index contributed by atoms with van der Waals surface area (Å²) in [5, 5.41) is 2.69. The molecule has 1 aliphatic rings. The molecule has 8 heteroatoms. The van der Waals surface area contributed by atoms with Crippen molar-refractivity contribution >= 4 is 43.4 Å². The zero-order valence-corrected chi connectivity index (χ0v) is 11.8. The Morgan fingerprint density at radius 2 is 2.22 bits per heavy atom. The van der Waals surface area contributed by atoms with E-state index in [2.05, 4.69) is 26.0 Å². The molecule has 18 heavy (non-hydrogen) atoms. The van der Waals surface area contributed by atoms with Gasteiger partial charge in [0, 0.05) is 18.8 Å². The summed E-state index contributed by atoms with van der Waals surface area (Å²) >= 11 is 2.90. The van der Waals surface area contributed by atoms with Crippen LogP contribution in [0.15, 0.2) is 24.3 Å². The molecule has 1 aromatic rings. The third-order valence-electron chi connectivity index (χ3n) is 2.43. The van der Waals surface area contributed by atoms with Crippen molar-refractivity contribution in [1.82, 2.24) is 5.32 Å². The molecule has 0 saturated carbocycles. The quantitative estimate of drug-likeness (QED) is 0.815. The molecule has 2 N–H and O–H groups in total. The fourth-order valence-electron chi connectivity index (χ4n) is 1.66. The van der Waals surface area contributed by atoms with E-state index in [0.29, 0.717) is 24.5 Å². The molecule has 6 nitrogen and oxygen atoms in total. The molecule has 0 atom stereocenters. The number of sulfonamides is 1. The molecule has 0 bridgehead atoms. The van der Waals surface area contributed by atoms with Crippen LogP contribution in [0.4, 0.5) is 16.2 Å². The van der Waals surface area contributed by atoms with Crippen LogP contribution in [0.2, 0.25) is 0 Å². The summed E-state index contributed by atoms with van der Waals surface area (Å²) in [6.45, 7) is 1.17. The molecule has 0 aromatic heterocycles. The van der Waals surface area contributed by atoms with E-state index in [0.717, 1.165) is 0 Å². The zero-order valence-electron chi connectivity index (χ0n) is 9.39. The lowest BCUT2D eigenvalue weighted by atomic mass is 10.2. The number of alkyl halides is 1. The lowest BCUT2D eigenvalue weighted by molar-refractivity contribution is 0.252. The Morgan fingerprint density at radius 1 is 1.44 bits per heavy atom. The first-order valence-electron chi connectivity index (χ1n) is 5.24. The van der Waals surface area contributed by atoms with Crippen LogP contribution in [0.1, 0.15) is 0 Å². The van der Waals surface area contributed by atoms with Gasteiger partial charge in [-0.1, -0.05) is 22.0 Å². The van der Waals surface area contributed by atoms with Gasteiger partial charge in [0.15, 0.2) is 0 Å². The second-order valence-electron chi connectivity index (χ2n) is 3.76. The third-order valence-corrected chi connectivity index (χ3v) is 5.07. The van der Waals surface area contributed by atoms with Crippen molar-refractivity contribution < 1.29 is 13.2 Å². The molecule has 0 aliphatic carbocycles. The van der Waals surface area contributed by atoms with Crippen LogP contribution in [-0.4, -0.2) is 32.2 Å². The van der Waals surface area contributed by atoms with E-state index in [4.69, 9.17) is 0 Å². The average Bonchev–Trinajstić information content (AvgIpc) is 2.75. The van der Waals surface area contributed by atoms with Crippen LogP contribution >= 0.6 is 15.9 Å². The molecular weight excluding hydrogens is 322 g/mol. The van der Waals surface area contributed by atoms with Crippen LogP contribution in [0.3, 0.4) is 0 Å². The minimum absolute atomic E-state index is 0.171. The maximum atomic E-state index is 11.5. The molecule has 2 amide bonds. The number of carbonyl (C=O) groups excluding carboxylic acids is 1. The van der Waals surface area contributed by atoms with E-state index in [-0.39, 0.29) is 10.7 Å². The van der Waals surface area contributed by atoms with Crippen molar-refractivity contribution in [3.05, 3.63) is 24.3 Å². The van der Waals surface area contributed by atoms with E-state index in [9.17, 15) is 13.2 Å². The van der Waals surface area contributed by atoms with Crippen molar-refractivity contribution in [3.8, 4) is 0 Å². The Morgan fingerprint density at radius 3 is 2.83 bits per heavy atom. The second kappa shape index (κ2) is 5.15. The minimum Gasteiger partial charge on any atom is -0.336 e. The van der Waals surface area contributed by atoms with Crippen LogP contribution < -0.4 is 14.9 Å². The van der Waals surface area contributed by atoms with Gasteiger partial charge in [-0.15, -0.1) is 0 Å². The van der Waals surface area contributed by atoms with Gasteiger partial charge < -0.3 is 5.32 Å². The Balaban J connectivity index is 2.22. The number of carbonyl (C=O) groups is 1. The summed E-state index contributed by atoms with van der Waals surface area (Å²) in [5.74, 6) is 0. The molecule has 1 saturated heterocycles. The zero-order chi connectivity index (χ0) is 13.2. The standard InChI is InChI=1S/C10H12BrN3O3S/c11-7-18(16,17)13-8-2-1-3-9(6-8)14-5-4-12-10(14)15/h1-3,6,13H,4-5,7H2,(H,12,15). The fraction of sp³-hybridized carbons (Fsp3) is 0.300. The van der Waals surface area contributed by atoms with Crippen LogP contribution in [0.25, 0.3) is 0 Å². The van der Waals surface area contributed by atoms with Crippen molar-refractivity contribution in [2.24, 2.45) is 0 Å². The topological polar surface area (TPSA) is 78.5 Å². The molecule has 0 unspecified atom stereocenters. The lowest BCUT2D eigenvalue weighted by Gasteiger charge is -2.15. The Bertz CT molecular complexity index is 561. The smallest absolute Gasteiger partial charge is 0.321 e. The normalized spacial score (nSPS) is 15.6. The van der Waals surface area contributed by atoms with Crippen LogP contribution in [0.5, 0.6) is 0 Å². The largest absolute Gasteiger partial charge is 0.336 e. The highest BCUT2D eigenvalue weighted by atomic mass is 79.9. The molecule has 1 heterocycles. The Hall–Kier alpha value is -1.28. The predicted molar refractivity (Wildman–Crippen MR) is 73.5 cm³/mol. The van der Waals surface area contributed by atoms with Crippen molar-refractivity contribution in [3.63, 3.8) is 0 Å². The van der Waals surface area contributed by atoms with Gasteiger partial charge in [0.05, 0.1) is 5.69 Å². The fourth-order valence-corrected chi connectivity index (χ4v) is 2.55. The maximum Gasteiger partial charge on any atom is 0.321 e. The predicted octanol–water partition coefficient (Wildman–Crippen LogP) is 1.31. The molecular formula is C10H12BrN3O3S. The number of anilines is 2. The summed E-state index contributed by atoms with van der Waals surface area (Å²) < 4.78 is 25.1. The number of benzene rings is 1. The maximum absolute atomic E-state index is 11.5. The number of hydrogen-bond acceptors (Lipinski definition) is 3. The Kier molecular flexibility index (Phi) is 3.76. The van der Waals surface area contributed by atoms with E-state index in [1.165, 1.54) is 0 Å². The summed E-state index contributed by atoms with van der Waals surface area (Å²) in [5.41, 5.74) is 1.10. The highest BCUT2D eigenvalue weighted by Gasteiger charge is 2.21. The highest BCUT2D eigenvalue weighted by molar-refractivity contribution is 9.10. The molecule has 98 valence electrons. The van der Waals surface area contributed by atoms with Gasteiger partial charge in [-0.25, -0.2) is 13.2 Å². The lowest BCUT2D eigenvalue weighted by Crippen LogP contribution is -2.27. The van der Waals surface area contributed by atoms with Crippen molar-refractivity contribution in [2.45, 2.75) is 0 Å². The minimum atomic E-state index is -3.38. The molecule has 1 aliphatic heterocycles. The van der Waals surface area contributed by atoms with E-state index in [1.807, 2.05) is 0 Å². The first-order chi connectivity index (χ1) is 8.52. The van der Waals surface area contributed by atoms with Gasteiger partial charge in [-0.05, 0) is 18.2 Å². The first-order valence-corrected chi connectivity index (χ1v) is 8.01. The number of urea groups is 1. The van der Waals surface area contributed by atoms with Crippen molar-refractivity contribution in [1.29, 1.82) is 0 Å². The molecule has 0 spiro atoms. The molecule has 1 aromatic carbocycles. The van der Waals surface area contributed by atoms with E-state index in [1.54, 1.807) is 29.2 Å². The number of nitrogens with zero attached hydrogens (tertiary/aromatic N) is 1. The van der Waals surface area contributed by atoms with Crippen LogP contribution in [-0.2, 0) is 10.0 Å². The number of hydrogen-bond donors (Lipinski definition) is 2. The number of amides is 2. The van der Waals surface area contributed by atoms with Gasteiger partial charge >= 0.3 is 6.03 Å². The van der Waals surface area contributed by atoms with Gasteiger partial charge in [-0.2, -0.15) is 0 Å². The monoisotopic (exact) mass is 333 g/mol. The number of rotatable bonds is 4. The molecule has 2 rings (SSSR count). The number of halogens is 1. The first kappa shape index (κ1) is 13.2. The summed E-state index contributed by atoms with van der Waals surface area (Å²) in [6, 6.07) is 6.56. The summed E-state index contributed by atoms with van der Waals surface area (Å²) in [7, 11) is -3.38. The van der Waals surface area contributed by atoms with Crippen LogP contribution in [0, 0.1) is 0 Å². The third kappa shape index (κ3) is 2.94. The van der Waals surface area contributed by atoms with E-state index < -0.39 is 10.0 Å². The number of nitrogens with one attached hydrogen (secondary N) is 2. The summed E-state index contributed by atoms with van der Waals surface area (Å²) in [6.07, 6.45) is 0.